The molecule has 1 saturated heterocycles. The Morgan fingerprint density at radius 3 is 2.89 bits per heavy atom. The first-order chi connectivity index (χ1) is 9.03. The minimum absolute atomic E-state index is 0.0522. The van der Waals surface area contributed by atoms with Crippen LogP contribution in [0.15, 0.2) is 21.6 Å². The number of hydrogen-bond acceptors (Lipinski definition) is 5. The van der Waals surface area contributed by atoms with Crippen molar-refractivity contribution < 1.29 is 17.6 Å². The maximum absolute atomic E-state index is 11.5. The minimum atomic E-state index is -3.50. The Morgan fingerprint density at radius 2 is 2.26 bits per heavy atom. The molecule has 2 atom stereocenters. The van der Waals surface area contributed by atoms with Gasteiger partial charge in [0.15, 0.2) is 0 Å². The summed E-state index contributed by atoms with van der Waals surface area (Å²) in [5.41, 5.74) is 0. The van der Waals surface area contributed by atoms with Gasteiger partial charge in [-0.15, -0.1) is 0 Å². The molecule has 1 aromatic rings. The fourth-order valence-electron chi connectivity index (χ4n) is 2.07. The van der Waals surface area contributed by atoms with Crippen LogP contribution in [0.4, 0.5) is 0 Å². The molecule has 1 aliphatic heterocycles. The van der Waals surface area contributed by atoms with Crippen molar-refractivity contribution >= 4 is 10.0 Å². The van der Waals surface area contributed by atoms with Crippen molar-refractivity contribution in [3.63, 3.8) is 0 Å². The summed E-state index contributed by atoms with van der Waals surface area (Å²) >= 11 is 0. The quantitative estimate of drug-likeness (QED) is 0.805. The molecule has 6 nitrogen and oxygen atoms in total. The Kier molecular flexibility index (Phi) is 4.62. The van der Waals surface area contributed by atoms with Gasteiger partial charge in [-0.2, -0.15) is 0 Å². The second-order valence-electron chi connectivity index (χ2n) is 4.72. The standard InChI is InChI=1S/C12H20N2O4S/c1-9(10-5-6-17-8-10)14-7-11-3-4-12(18-11)19(15,16)13-2/h3-4,9-10,13-14H,5-8H2,1-2H3. The van der Waals surface area contributed by atoms with Gasteiger partial charge < -0.3 is 14.5 Å². The van der Waals surface area contributed by atoms with E-state index in [1.54, 1.807) is 6.07 Å². The number of rotatable bonds is 6. The maximum atomic E-state index is 11.5. The maximum Gasteiger partial charge on any atom is 0.273 e. The van der Waals surface area contributed by atoms with E-state index in [2.05, 4.69) is 17.0 Å². The van der Waals surface area contributed by atoms with Gasteiger partial charge >= 0.3 is 0 Å². The first-order valence-electron chi connectivity index (χ1n) is 6.36. The van der Waals surface area contributed by atoms with Gasteiger partial charge in [-0.05, 0) is 38.4 Å². The van der Waals surface area contributed by atoms with E-state index in [0.717, 1.165) is 19.6 Å². The molecular weight excluding hydrogens is 268 g/mol. The third kappa shape index (κ3) is 3.56. The largest absolute Gasteiger partial charge is 0.447 e. The van der Waals surface area contributed by atoms with Crippen molar-refractivity contribution in [2.24, 2.45) is 5.92 Å². The Balaban J connectivity index is 1.90. The molecule has 0 radical (unpaired) electrons. The molecule has 2 unspecified atom stereocenters. The Morgan fingerprint density at radius 1 is 1.47 bits per heavy atom. The molecule has 0 aliphatic carbocycles. The fourth-order valence-corrected chi connectivity index (χ4v) is 2.74. The highest BCUT2D eigenvalue weighted by molar-refractivity contribution is 7.89. The van der Waals surface area contributed by atoms with E-state index >= 15 is 0 Å². The molecule has 0 amide bonds. The minimum Gasteiger partial charge on any atom is -0.447 e. The predicted octanol–water partition coefficient (Wildman–Crippen LogP) is 0.702. The van der Waals surface area contributed by atoms with Crippen molar-refractivity contribution in [3.8, 4) is 0 Å². The van der Waals surface area contributed by atoms with Crippen molar-refractivity contribution in [2.45, 2.75) is 31.0 Å². The van der Waals surface area contributed by atoms with Crippen molar-refractivity contribution in [3.05, 3.63) is 17.9 Å². The molecule has 2 heterocycles. The Hall–Kier alpha value is -0.890. The van der Waals surface area contributed by atoms with E-state index < -0.39 is 10.0 Å². The predicted molar refractivity (Wildman–Crippen MR) is 70.2 cm³/mol. The summed E-state index contributed by atoms with van der Waals surface area (Å²) < 4.78 is 35.9. The van der Waals surface area contributed by atoms with E-state index in [-0.39, 0.29) is 5.09 Å². The summed E-state index contributed by atoms with van der Waals surface area (Å²) in [5, 5.41) is 3.28. The number of nitrogens with one attached hydrogen (secondary N) is 2. The van der Waals surface area contributed by atoms with Gasteiger partial charge in [0.05, 0.1) is 13.2 Å². The molecule has 0 aromatic carbocycles. The van der Waals surface area contributed by atoms with Crippen LogP contribution in [0.25, 0.3) is 0 Å². The van der Waals surface area contributed by atoms with Crippen LogP contribution in [-0.4, -0.2) is 34.7 Å². The Labute approximate surface area is 113 Å². The van der Waals surface area contributed by atoms with Crippen LogP contribution in [0.5, 0.6) is 0 Å². The molecular formula is C12H20N2O4S. The second kappa shape index (κ2) is 6.04. The van der Waals surface area contributed by atoms with Gasteiger partial charge in [-0.1, -0.05) is 0 Å². The smallest absolute Gasteiger partial charge is 0.273 e. The second-order valence-corrected chi connectivity index (χ2v) is 6.54. The highest BCUT2D eigenvalue weighted by Crippen LogP contribution is 2.18. The number of hydrogen-bond donors (Lipinski definition) is 2. The lowest BCUT2D eigenvalue weighted by Gasteiger charge is -2.18. The zero-order valence-electron chi connectivity index (χ0n) is 11.2. The van der Waals surface area contributed by atoms with Gasteiger partial charge in [0.25, 0.3) is 10.0 Å². The van der Waals surface area contributed by atoms with Crippen LogP contribution in [0.1, 0.15) is 19.1 Å². The van der Waals surface area contributed by atoms with Crippen LogP contribution in [-0.2, 0) is 21.3 Å². The summed E-state index contributed by atoms with van der Waals surface area (Å²) in [6.45, 7) is 4.22. The summed E-state index contributed by atoms with van der Waals surface area (Å²) in [6.07, 6.45) is 1.06. The number of ether oxygens (including phenoxy) is 1. The van der Waals surface area contributed by atoms with Crippen molar-refractivity contribution in [2.75, 3.05) is 20.3 Å². The van der Waals surface area contributed by atoms with Gasteiger partial charge in [-0.25, -0.2) is 13.1 Å². The highest BCUT2D eigenvalue weighted by Gasteiger charge is 2.22. The lowest BCUT2D eigenvalue weighted by molar-refractivity contribution is 0.177. The van der Waals surface area contributed by atoms with E-state index in [9.17, 15) is 8.42 Å². The van der Waals surface area contributed by atoms with Gasteiger partial charge in [-0.3, -0.25) is 0 Å². The van der Waals surface area contributed by atoms with Crippen LogP contribution in [0.2, 0.25) is 0 Å². The number of furan rings is 1. The molecule has 0 spiro atoms. The molecule has 19 heavy (non-hydrogen) atoms. The zero-order valence-corrected chi connectivity index (χ0v) is 12.0. The van der Waals surface area contributed by atoms with Crippen LogP contribution in [0, 0.1) is 5.92 Å². The molecule has 1 aliphatic rings. The van der Waals surface area contributed by atoms with Crippen molar-refractivity contribution in [1.29, 1.82) is 0 Å². The SMILES string of the molecule is CNS(=O)(=O)c1ccc(CNC(C)C2CCOC2)o1. The summed E-state index contributed by atoms with van der Waals surface area (Å²) in [5.74, 6) is 1.12. The lowest BCUT2D eigenvalue weighted by atomic mass is 10.0. The van der Waals surface area contributed by atoms with Crippen LogP contribution >= 0.6 is 0 Å². The summed E-state index contributed by atoms with van der Waals surface area (Å²) in [7, 11) is -2.14. The molecule has 108 valence electrons. The molecule has 2 rings (SSSR count). The monoisotopic (exact) mass is 288 g/mol. The average Bonchev–Trinajstić information content (AvgIpc) is 3.07. The normalized spacial score (nSPS) is 21.7. The van der Waals surface area contributed by atoms with Gasteiger partial charge in [0.1, 0.15) is 5.76 Å². The van der Waals surface area contributed by atoms with Gasteiger partial charge in [0, 0.05) is 12.6 Å². The number of sulfonamides is 1. The van der Waals surface area contributed by atoms with Crippen LogP contribution in [0.3, 0.4) is 0 Å². The van der Waals surface area contributed by atoms with Crippen LogP contribution < -0.4 is 10.0 Å². The molecule has 0 bridgehead atoms. The average molecular weight is 288 g/mol. The third-order valence-corrected chi connectivity index (χ3v) is 4.73. The van der Waals surface area contributed by atoms with E-state index in [4.69, 9.17) is 9.15 Å². The van der Waals surface area contributed by atoms with E-state index in [1.165, 1.54) is 13.1 Å². The molecule has 7 heteroatoms. The molecule has 2 N–H and O–H groups in total. The van der Waals surface area contributed by atoms with E-state index in [1.807, 2.05) is 0 Å². The topological polar surface area (TPSA) is 80.6 Å². The Bertz CT molecular complexity index is 506. The molecule has 0 saturated carbocycles. The molecule has 1 aromatic heterocycles. The van der Waals surface area contributed by atoms with Gasteiger partial charge in [0.2, 0.25) is 5.09 Å². The van der Waals surface area contributed by atoms with Crippen molar-refractivity contribution in [1.82, 2.24) is 10.0 Å². The highest BCUT2D eigenvalue weighted by atomic mass is 32.2. The summed E-state index contributed by atoms with van der Waals surface area (Å²) in [4.78, 5) is 0. The lowest BCUT2D eigenvalue weighted by Crippen LogP contribution is -2.33. The zero-order chi connectivity index (χ0) is 13.9. The first-order valence-corrected chi connectivity index (χ1v) is 7.84. The third-order valence-electron chi connectivity index (χ3n) is 3.44. The van der Waals surface area contributed by atoms with E-state index in [0.29, 0.717) is 24.3 Å². The summed E-state index contributed by atoms with van der Waals surface area (Å²) in [6, 6.07) is 3.46. The fraction of sp³-hybridized carbons (Fsp3) is 0.667. The molecule has 1 fully saturated rings. The first kappa shape index (κ1) is 14.5.